The van der Waals surface area contributed by atoms with Crippen LogP contribution in [-0.2, 0) is 6.42 Å². The van der Waals surface area contributed by atoms with Gasteiger partial charge >= 0.3 is 0 Å². The van der Waals surface area contributed by atoms with Crippen LogP contribution in [0.5, 0.6) is 0 Å². The van der Waals surface area contributed by atoms with Crippen LogP contribution in [0.25, 0.3) is 5.69 Å². The van der Waals surface area contributed by atoms with Crippen molar-refractivity contribution in [3.8, 4) is 5.69 Å². The highest BCUT2D eigenvalue weighted by molar-refractivity contribution is 5.30. The Bertz CT molecular complexity index is 453. The van der Waals surface area contributed by atoms with Crippen LogP contribution >= 0.6 is 0 Å². The van der Waals surface area contributed by atoms with E-state index in [0.29, 0.717) is 0 Å². The third-order valence-electron chi connectivity index (χ3n) is 2.20. The van der Waals surface area contributed by atoms with Crippen LogP contribution in [0.2, 0.25) is 0 Å². The SMILES string of the molecule is CC(C)(N)Cc1cn(-c2ccccc2)nn1. The molecule has 0 aliphatic rings. The molecule has 2 N–H and O–H groups in total. The van der Waals surface area contributed by atoms with Gasteiger partial charge in [0.25, 0.3) is 0 Å². The summed E-state index contributed by atoms with van der Waals surface area (Å²) in [6, 6.07) is 9.91. The fraction of sp³-hybridized carbons (Fsp3) is 0.333. The van der Waals surface area contributed by atoms with Crippen molar-refractivity contribution in [1.82, 2.24) is 15.0 Å². The minimum Gasteiger partial charge on any atom is -0.325 e. The second-order valence-electron chi connectivity index (χ2n) is 4.66. The van der Waals surface area contributed by atoms with Gasteiger partial charge in [0.15, 0.2) is 0 Å². The van der Waals surface area contributed by atoms with Crippen molar-refractivity contribution >= 4 is 0 Å². The fourth-order valence-corrected chi connectivity index (χ4v) is 1.55. The highest BCUT2D eigenvalue weighted by atomic mass is 15.4. The molecule has 2 aromatic rings. The van der Waals surface area contributed by atoms with Crippen LogP contribution in [0, 0.1) is 0 Å². The Labute approximate surface area is 95.1 Å². The number of hydrogen-bond acceptors (Lipinski definition) is 3. The molecule has 1 heterocycles. The van der Waals surface area contributed by atoms with Crippen molar-refractivity contribution in [3.05, 3.63) is 42.2 Å². The molecule has 0 saturated carbocycles. The van der Waals surface area contributed by atoms with Crippen molar-refractivity contribution in [2.45, 2.75) is 25.8 Å². The first kappa shape index (κ1) is 10.8. The summed E-state index contributed by atoms with van der Waals surface area (Å²) in [5.41, 5.74) is 7.61. The van der Waals surface area contributed by atoms with Crippen molar-refractivity contribution < 1.29 is 0 Å². The number of nitrogens with zero attached hydrogens (tertiary/aromatic N) is 3. The van der Waals surface area contributed by atoms with Gasteiger partial charge in [-0.3, -0.25) is 0 Å². The molecule has 2 rings (SSSR count). The standard InChI is InChI=1S/C12H16N4/c1-12(2,13)8-10-9-16(15-14-10)11-6-4-3-5-7-11/h3-7,9H,8,13H2,1-2H3. The number of para-hydroxylation sites is 1. The van der Waals surface area contributed by atoms with E-state index in [0.717, 1.165) is 17.8 Å². The molecule has 0 aliphatic heterocycles. The lowest BCUT2D eigenvalue weighted by molar-refractivity contribution is 0.509. The summed E-state index contributed by atoms with van der Waals surface area (Å²) in [5.74, 6) is 0. The first-order chi connectivity index (χ1) is 7.54. The molecule has 0 atom stereocenters. The highest BCUT2D eigenvalue weighted by Gasteiger charge is 2.14. The number of benzene rings is 1. The molecule has 16 heavy (non-hydrogen) atoms. The van der Waals surface area contributed by atoms with Crippen molar-refractivity contribution in [2.75, 3.05) is 0 Å². The van der Waals surface area contributed by atoms with Crippen LogP contribution in [0.3, 0.4) is 0 Å². The Hall–Kier alpha value is -1.68. The molecule has 0 bridgehead atoms. The zero-order valence-corrected chi connectivity index (χ0v) is 9.59. The lowest BCUT2D eigenvalue weighted by Crippen LogP contribution is -2.34. The van der Waals surface area contributed by atoms with Crippen LogP contribution in [0.4, 0.5) is 0 Å². The predicted octanol–water partition coefficient (Wildman–Crippen LogP) is 1.55. The quantitative estimate of drug-likeness (QED) is 0.846. The van der Waals surface area contributed by atoms with Crippen molar-refractivity contribution in [1.29, 1.82) is 0 Å². The van der Waals surface area contributed by atoms with Crippen LogP contribution in [-0.4, -0.2) is 20.5 Å². The molecule has 0 unspecified atom stereocenters. The summed E-state index contributed by atoms with van der Waals surface area (Å²) in [7, 11) is 0. The Morgan fingerprint density at radius 2 is 1.94 bits per heavy atom. The second kappa shape index (κ2) is 4.06. The van der Waals surface area contributed by atoms with E-state index in [-0.39, 0.29) is 5.54 Å². The van der Waals surface area contributed by atoms with E-state index in [2.05, 4.69) is 10.3 Å². The number of rotatable bonds is 3. The monoisotopic (exact) mass is 216 g/mol. The molecule has 1 aromatic carbocycles. The largest absolute Gasteiger partial charge is 0.325 e. The average Bonchev–Trinajstić information content (AvgIpc) is 2.65. The molecule has 4 heteroatoms. The van der Waals surface area contributed by atoms with Gasteiger partial charge in [-0.1, -0.05) is 23.4 Å². The minimum atomic E-state index is -0.252. The normalized spacial score (nSPS) is 11.7. The molecule has 0 radical (unpaired) electrons. The molecular formula is C12H16N4. The van der Waals surface area contributed by atoms with Gasteiger partial charge in [-0.15, -0.1) is 5.10 Å². The molecule has 4 nitrogen and oxygen atoms in total. The van der Waals surface area contributed by atoms with E-state index >= 15 is 0 Å². The molecule has 0 amide bonds. The van der Waals surface area contributed by atoms with E-state index in [1.54, 1.807) is 4.68 Å². The Kier molecular flexibility index (Phi) is 2.75. The first-order valence-electron chi connectivity index (χ1n) is 5.30. The molecular weight excluding hydrogens is 200 g/mol. The lowest BCUT2D eigenvalue weighted by atomic mass is 10.0. The minimum absolute atomic E-state index is 0.252. The summed E-state index contributed by atoms with van der Waals surface area (Å²) in [5, 5.41) is 8.19. The Balaban J connectivity index is 2.21. The average molecular weight is 216 g/mol. The molecule has 84 valence electrons. The summed E-state index contributed by atoms with van der Waals surface area (Å²) in [6.45, 7) is 3.96. The third kappa shape index (κ3) is 2.67. The van der Waals surface area contributed by atoms with Gasteiger partial charge in [0.05, 0.1) is 17.6 Å². The molecule has 0 fully saturated rings. The highest BCUT2D eigenvalue weighted by Crippen LogP contribution is 2.10. The maximum Gasteiger partial charge on any atom is 0.0849 e. The summed E-state index contributed by atoms with van der Waals surface area (Å²) in [6.07, 6.45) is 2.64. The Morgan fingerprint density at radius 3 is 2.56 bits per heavy atom. The van der Waals surface area contributed by atoms with Gasteiger partial charge < -0.3 is 5.73 Å². The lowest BCUT2D eigenvalue weighted by Gasteiger charge is -2.15. The zero-order chi connectivity index (χ0) is 11.6. The smallest absolute Gasteiger partial charge is 0.0849 e. The fourth-order valence-electron chi connectivity index (χ4n) is 1.55. The van der Waals surface area contributed by atoms with Crippen LogP contribution in [0.15, 0.2) is 36.5 Å². The van der Waals surface area contributed by atoms with E-state index in [1.165, 1.54) is 0 Å². The van der Waals surface area contributed by atoms with Gasteiger partial charge in [0.1, 0.15) is 0 Å². The van der Waals surface area contributed by atoms with E-state index in [1.807, 2.05) is 50.4 Å². The van der Waals surface area contributed by atoms with Gasteiger partial charge in [0, 0.05) is 12.0 Å². The van der Waals surface area contributed by atoms with E-state index in [4.69, 9.17) is 5.73 Å². The predicted molar refractivity (Wildman–Crippen MR) is 63.3 cm³/mol. The number of nitrogens with two attached hydrogens (primary N) is 1. The topological polar surface area (TPSA) is 56.7 Å². The van der Waals surface area contributed by atoms with Gasteiger partial charge in [-0.05, 0) is 26.0 Å². The maximum atomic E-state index is 5.94. The first-order valence-corrected chi connectivity index (χ1v) is 5.30. The second-order valence-corrected chi connectivity index (χ2v) is 4.66. The maximum absolute atomic E-state index is 5.94. The van der Waals surface area contributed by atoms with Gasteiger partial charge in [-0.25, -0.2) is 4.68 Å². The molecule has 0 aliphatic carbocycles. The Morgan fingerprint density at radius 1 is 1.25 bits per heavy atom. The summed E-state index contributed by atoms with van der Waals surface area (Å²) in [4.78, 5) is 0. The van der Waals surface area contributed by atoms with Crippen molar-refractivity contribution in [3.63, 3.8) is 0 Å². The van der Waals surface area contributed by atoms with Gasteiger partial charge in [-0.2, -0.15) is 0 Å². The van der Waals surface area contributed by atoms with Crippen molar-refractivity contribution in [2.24, 2.45) is 5.73 Å². The van der Waals surface area contributed by atoms with Gasteiger partial charge in [0.2, 0.25) is 0 Å². The van der Waals surface area contributed by atoms with E-state index in [9.17, 15) is 0 Å². The number of hydrogen-bond donors (Lipinski definition) is 1. The number of aromatic nitrogens is 3. The summed E-state index contributed by atoms with van der Waals surface area (Å²) < 4.78 is 1.76. The zero-order valence-electron chi connectivity index (χ0n) is 9.59. The molecule has 0 saturated heterocycles. The molecule has 0 spiro atoms. The third-order valence-corrected chi connectivity index (χ3v) is 2.20. The molecule has 1 aromatic heterocycles. The van der Waals surface area contributed by atoms with E-state index < -0.39 is 0 Å². The van der Waals surface area contributed by atoms with Crippen LogP contribution in [0.1, 0.15) is 19.5 Å². The van der Waals surface area contributed by atoms with Crippen LogP contribution < -0.4 is 5.73 Å². The summed E-state index contributed by atoms with van der Waals surface area (Å²) >= 11 is 0.